The highest BCUT2D eigenvalue weighted by atomic mass is 32.1. The lowest BCUT2D eigenvalue weighted by molar-refractivity contribution is 0.620. The first kappa shape index (κ1) is 25.4. The maximum absolute atomic E-state index is 6.18. The average molecular weight is 606 g/mol. The van der Waals surface area contributed by atoms with Crippen LogP contribution in [0.25, 0.3) is 97.8 Å². The zero-order valence-corrected chi connectivity index (χ0v) is 25.3. The molecule has 7 aromatic carbocycles. The number of hydrogen-bond acceptors (Lipinski definition) is 5. The second kappa shape index (κ2) is 9.80. The molecule has 0 aliphatic rings. The number of hydrogen-bond donors (Lipinski definition) is 0. The molecule has 0 aliphatic carbocycles. The van der Waals surface area contributed by atoms with Crippen LogP contribution in [-0.2, 0) is 0 Å². The van der Waals surface area contributed by atoms with Gasteiger partial charge in [0.15, 0.2) is 11.4 Å². The maximum Gasteiger partial charge on any atom is 0.227 e. The highest BCUT2D eigenvalue weighted by Crippen LogP contribution is 2.41. The molecule has 3 heterocycles. The highest BCUT2D eigenvalue weighted by molar-refractivity contribution is 7.26. The van der Waals surface area contributed by atoms with Gasteiger partial charge in [-0.15, -0.1) is 11.3 Å². The second-order valence-corrected chi connectivity index (χ2v) is 12.7. The first-order valence-corrected chi connectivity index (χ1v) is 16.1. The van der Waals surface area contributed by atoms with Gasteiger partial charge in [-0.2, -0.15) is 0 Å². The van der Waals surface area contributed by atoms with Gasteiger partial charge < -0.3 is 4.42 Å². The van der Waals surface area contributed by atoms with E-state index in [0.29, 0.717) is 5.89 Å². The van der Waals surface area contributed by atoms with Crippen molar-refractivity contribution in [3.05, 3.63) is 140 Å². The van der Waals surface area contributed by atoms with Gasteiger partial charge in [-0.05, 0) is 76.1 Å². The zero-order valence-electron chi connectivity index (χ0n) is 24.4. The van der Waals surface area contributed by atoms with E-state index in [4.69, 9.17) is 19.4 Å². The third-order valence-electron chi connectivity index (χ3n) is 8.86. The van der Waals surface area contributed by atoms with Crippen molar-refractivity contribution in [1.82, 2.24) is 15.0 Å². The lowest BCUT2D eigenvalue weighted by Gasteiger charge is -2.11. The molecule has 0 saturated carbocycles. The van der Waals surface area contributed by atoms with E-state index in [1.54, 1.807) is 11.3 Å². The van der Waals surface area contributed by atoms with Gasteiger partial charge in [0, 0.05) is 37.5 Å². The van der Waals surface area contributed by atoms with E-state index >= 15 is 0 Å². The van der Waals surface area contributed by atoms with Gasteiger partial charge in [0.1, 0.15) is 5.52 Å². The van der Waals surface area contributed by atoms with Crippen LogP contribution in [0.15, 0.2) is 144 Å². The SMILES string of the molecule is c1ccc(-c2nc3c(ccc4c5cc6cc(-c7nc(-c8ccc9ccccc9c8)c8ccccc8n7)ccc6cc5sc43)o2)cc1. The van der Waals surface area contributed by atoms with Crippen molar-refractivity contribution in [3.8, 4) is 34.1 Å². The van der Waals surface area contributed by atoms with E-state index in [1.807, 2.05) is 42.5 Å². The summed E-state index contributed by atoms with van der Waals surface area (Å²) in [6.45, 7) is 0. The van der Waals surface area contributed by atoms with E-state index in [9.17, 15) is 0 Å². The number of aromatic nitrogens is 3. The molecule has 0 amide bonds. The van der Waals surface area contributed by atoms with Crippen molar-refractivity contribution in [2.45, 2.75) is 0 Å². The number of benzene rings is 7. The van der Waals surface area contributed by atoms with Crippen molar-refractivity contribution >= 4 is 75.1 Å². The van der Waals surface area contributed by atoms with Crippen LogP contribution in [-0.4, -0.2) is 15.0 Å². The van der Waals surface area contributed by atoms with E-state index in [-0.39, 0.29) is 0 Å². The Balaban J connectivity index is 1.13. The molecule has 46 heavy (non-hydrogen) atoms. The van der Waals surface area contributed by atoms with Crippen LogP contribution in [0.1, 0.15) is 0 Å². The van der Waals surface area contributed by atoms with Crippen molar-refractivity contribution in [3.63, 3.8) is 0 Å². The van der Waals surface area contributed by atoms with Crippen molar-refractivity contribution in [1.29, 1.82) is 0 Å². The lowest BCUT2D eigenvalue weighted by atomic mass is 10.0. The molecule has 4 nitrogen and oxygen atoms in total. The number of fused-ring (bicyclic) bond motifs is 8. The number of para-hydroxylation sites is 1. The van der Waals surface area contributed by atoms with E-state index < -0.39 is 0 Å². The Labute approximate surface area is 267 Å². The molecular weight excluding hydrogens is 583 g/mol. The van der Waals surface area contributed by atoms with Gasteiger partial charge >= 0.3 is 0 Å². The summed E-state index contributed by atoms with van der Waals surface area (Å²) in [4.78, 5) is 15.2. The molecule has 0 spiro atoms. The largest absolute Gasteiger partial charge is 0.436 e. The summed E-state index contributed by atoms with van der Waals surface area (Å²) in [5, 5.41) is 8.19. The monoisotopic (exact) mass is 605 g/mol. The highest BCUT2D eigenvalue weighted by Gasteiger charge is 2.17. The average Bonchev–Trinajstić information content (AvgIpc) is 3.72. The summed E-state index contributed by atoms with van der Waals surface area (Å²) in [5.41, 5.74) is 6.64. The zero-order chi connectivity index (χ0) is 30.2. The molecule has 0 saturated heterocycles. The molecule has 0 aliphatic heterocycles. The molecule has 3 aromatic heterocycles. The first-order chi connectivity index (χ1) is 22.7. The van der Waals surface area contributed by atoms with Crippen LogP contribution in [0.2, 0.25) is 0 Å². The number of thiophene rings is 1. The molecule has 0 bridgehead atoms. The minimum Gasteiger partial charge on any atom is -0.436 e. The third-order valence-corrected chi connectivity index (χ3v) is 10.0. The Bertz CT molecular complexity index is 2820. The minimum atomic E-state index is 0.647. The van der Waals surface area contributed by atoms with Crippen molar-refractivity contribution in [2.75, 3.05) is 0 Å². The summed E-state index contributed by atoms with van der Waals surface area (Å²) in [6.07, 6.45) is 0. The predicted molar refractivity (Wildman–Crippen MR) is 191 cm³/mol. The van der Waals surface area contributed by atoms with Gasteiger partial charge in [0.05, 0.1) is 15.9 Å². The fourth-order valence-electron chi connectivity index (χ4n) is 6.57. The fraction of sp³-hybridized carbons (Fsp3) is 0. The van der Waals surface area contributed by atoms with E-state index in [0.717, 1.165) is 60.3 Å². The van der Waals surface area contributed by atoms with E-state index in [1.165, 1.54) is 31.6 Å². The topological polar surface area (TPSA) is 51.8 Å². The Morgan fingerprint density at radius 3 is 2.17 bits per heavy atom. The Hall–Kier alpha value is -5.91. The van der Waals surface area contributed by atoms with Gasteiger partial charge in [-0.1, -0.05) is 84.9 Å². The molecule has 0 atom stereocenters. The fourth-order valence-corrected chi connectivity index (χ4v) is 7.79. The molecule has 0 unspecified atom stereocenters. The summed E-state index contributed by atoms with van der Waals surface area (Å²) in [5.74, 6) is 1.37. The van der Waals surface area contributed by atoms with Gasteiger partial charge in [0.25, 0.3) is 0 Å². The molecule has 0 N–H and O–H groups in total. The minimum absolute atomic E-state index is 0.647. The summed E-state index contributed by atoms with van der Waals surface area (Å²) < 4.78 is 8.55. The number of oxazole rings is 1. The molecule has 0 radical (unpaired) electrons. The third kappa shape index (κ3) is 3.96. The Morgan fingerprint density at radius 2 is 1.24 bits per heavy atom. The van der Waals surface area contributed by atoms with Crippen LogP contribution < -0.4 is 0 Å². The Kier molecular flexibility index (Phi) is 5.41. The number of rotatable bonds is 3. The number of nitrogens with zero attached hydrogens (tertiary/aromatic N) is 3. The van der Waals surface area contributed by atoms with Gasteiger partial charge in [-0.25, -0.2) is 15.0 Å². The van der Waals surface area contributed by atoms with Crippen molar-refractivity contribution < 1.29 is 4.42 Å². The summed E-state index contributed by atoms with van der Waals surface area (Å²) >= 11 is 1.77. The van der Waals surface area contributed by atoms with Crippen LogP contribution in [0.5, 0.6) is 0 Å². The maximum atomic E-state index is 6.18. The van der Waals surface area contributed by atoms with Crippen LogP contribution in [0.3, 0.4) is 0 Å². The second-order valence-electron chi connectivity index (χ2n) is 11.7. The van der Waals surface area contributed by atoms with Gasteiger partial charge in [-0.3, -0.25) is 0 Å². The normalized spacial score (nSPS) is 11.9. The molecule has 5 heteroatoms. The summed E-state index contributed by atoms with van der Waals surface area (Å²) in [7, 11) is 0. The smallest absolute Gasteiger partial charge is 0.227 e. The standard InChI is InChI=1S/C41H23N3OS/c1-2-9-25(10-3-1)41-44-38-35(45-41)19-18-31-33-22-30-21-29(17-15-27(30)23-36(33)46-39(31)38)40-42-34-13-7-6-12-32(34)37(43-40)28-16-14-24-8-4-5-11-26(24)20-28/h1-23H. The van der Waals surface area contributed by atoms with E-state index in [2.05, 4.69) is 97.1 Å². The molecule has 10 aromatic rings. The van der Waals surface area contributed by atoms with Crippen LogP contribution >= 0.6 is 11.3 Å². The molecule has 0 fully saturated rings. The molecular formula is C41H23N3OS. The summed E-state index contributed by atoms with van der Waals surface area (Å²) in [6, 6.07) is 48.7. The van der Waals surface area contributed by atoms with Crippen LogP contribution in [0.4, 0.5) is 0 Å². The first-order valence-electron chi connectivity index (χ1n) is 15.3. The quantitative estimate of drug-likeness (QED) is 0.201. The predicted octanol–water partition coefficient (Wildman–Crippen LogP) is 11.4. The Morgan fingerprint density at radius 1 is 0.478 bits per heavy atom. The van der Waals surface area contributed by atoms with Crippen LogP contribution in [0, 0.1) is 0 Å². The molecule has 214 valence electrons. The van der Waals surface area contributed by atoms with Crippen molar-refractivity contribution in [2.24, 2.45) is 0 Å². The lowest BCUT2D eigenvalue weighted by Crippen LogP contribution is -1.95. The molecule has 10 rings (SSSR count). The van der Waals surface area contributed by atoms with Gasteiger partial charge in [0.2, 0.25) is 5.89 Å².